The van der Waals surface area contributed by atoms with Gasteiger partial charge in [-0.2, -0.15) is 9.97 Å². The third-order valence-corrected chi connectivity index (χ3v) is 4.36. The average Bonchev–Trinajstić information content (AvgIpc) is 2.67. The highest BCUT2D eigenvalue weighted by Gasteiger charge is 2.32. The monoisotopic (exact) mass is 423 g/mol. The third-order valence-electron chi connectivity index (χ3n) is 4.36. The first kappa shape index (κ1) is 23.0. The molecule has 1 aliphatic rings. The number of anilines is 3. The number of carboxylic acids is 2. The van der Waals surface area contributed by atoms with Crippen LogP contribution in [-0.4, -0.2) is 76.3 Å². The van der Waals surface area contributed by atoms with Crippen molar-refractivity contribution in [3.63, 3.8) is 0 Å². The number of morpholine rings is 1. The van der Waals surface area contributed by atoms with E-state index in [1.807, 2.05) is 18.7 Å². The molecule has 1 saturated heterocycles. The first-order valence-electron chi connectivity index (χ1n) is 9.40. The van der Waals surface area contributed by atoms with Crippen LogP contribution in [0.5, 0.6) is 0 Å². The van der Waals surface area contributed by atoms with E-state index in [4.69, 9.17) is 9.84 Å². The van der Waals surface area contributed by atoms with Gasteiger partial charge in [0, 0.05) is 24.7 Å². The average molecular weight is 423 g/mol. The normalized spacial score (nSPS) is 14.0. The van der Waals surface area contributed by atoms with Gasteiger partial charge in [0.2, 0.25) is 5.95 Å². The predicted octanol–water partition coefficient (Wildman–Crippen LogP) is 0.286. The number of carboxylic acid groups (broad SMARTS) is 2. The van der Waals surface area contributed by atoms with Gasteiger partial charge in [-0.25, -0.2) is 9.59 Å². The Labute approximate surface area is 172 Å². The minimum Gasteiger partial charge on any atom is -0.474 e. The van der Waals surface area contributed by atoms with Crippen LogP contribution in [0.2, 0.25) is 0 Å². The van der Waals surface area contributed by atoms with Gasteiger partial charge in [-0.05, 0) is 19.8 Å². The lowest BCUT2D eigenvalue weighted by Gasteiger charge is -2.32. The van der Waals surface area contributed by atoms with Crippen LogP contribution >= 0.6 is 0 Å². The molecule has 12 heteroatoms. The molecule has 0 spiro atoms. The van der Waals surface area contributed by atoms with Gasteiger partial charge < -0.3 is 25.2 Å². The van der Waals surface area contributed by atoms with E-state index in [0.29, 0.717) is 37.7 Å². The molecule has 1 aliphatic heterocycles. The smallest absolute Gasteiger partial charge is 0.395 e. The maximum Gasteiger partial charge on any atom is 0.395 e. The van der Waals surface area contributed by atoms with E-state index in [-0.39, 0.29) is 17.7 Å². The number of aliphatic carboxylic acids is 2. The molecule has 0 bridgehead atoms. The Balaban J connectivity index is 2.72. The zero-order chi connectivity index (χ0) is 22.6. The molecule has 0 unspecified atom stereocenters. The summed E-state index contributed by atoms with van der Waals surface area (Å²) in [5.41, 5.74) is 0.474. The molecule has 164 valence electrons. The lowest BCUT2D eigenvalue weighted by molar-refractivity contribution is -0.149. The molecular weight excluding hydrogens is 398 g/mol. The topological polar surface area (TPSA) is 162 Å². The van der Waals surface area contributed by atoms with Crippen LogP contribution in [0.25, 0.3) is 0 Å². The Morgan fingerprint density at radius 2 is 1.63 bits per heavy atom. The zero-order valence-electron chi connectivity index (χ0n) is 17.2. The predicted molar refractivity (Wildman–Crippen MR) is 106 cm³/mol. The lowest BCUT2D eigenvalue weighted by atomic mass is 10.0. The molecular formula is C18H25N5O7. The van der Waals surface area contributed by atoms with Gasteiger partial charge >= 0.3 is 23.8 Å². The summed E-state index contributed by atoms with van der Waals surface area (Å²) in [6.07, 6.45) is 0. The fourth-order valence-corrected chi connectivity index (χ4v) is 3.02. The maximum absolute atomic E-state index is 12.3. The van der Waals surface area contributed by atoms with Crippen molar-refractivity contribution in [1.82, 2.24) is 9.97 Å². The second-order valence-electron chi connectivity index (χ2n) is 7.20. The number of carbonyl (C=O) groups excluding carboxylic acids is 2. The van der Waals surface area contributed by atoms with E-state index < -0.39 is 29.8 Å². The third kappa shape index (κ3) is 5.00. The van der Waals surface area contributed by atoms with Crippen molar-refractivity contribution in [2.24, 2.45) is 0 Å². The standard InChI is InChI=1S/C18H25N5O7/c1-9(2)11-12(19-14(24)16(26)27)20-18(23(10(3)4)15(25)17(28)29)21-13(11)22-5-7-30-8-6-22/h9-10H,5-8H2,1-4H3,(H,26,27)(H,28,29)(H,19,20,21,24). The number of aromatic nitrogens is 2. The van der Waals surface area contributed by atoms with Crippen molar-refractivity contribution in [1.29, 1.82) is 0 Å². The molecule has 1 aromatic heterocycles. The number of nitrogens with zero attached hydrogens (tertiary/aromatic N) is 4. The number of carbonyl (C=O) groups is 4. The molecule has 12 nitrogen and oxygen atoms in total. The molecule has 30 heavy (non-hydrogen) atoms. The zero-order valence-corrected chi connectivity index (χ0v) is 17.2. The highest BCUT2D eigenvalue weighted by Crippen LogP contribution is 2.34. The molecule has 2 rings (SSSR count). The second kappa shape index (κ2) is 9.48. The number of amides is 2. The summed E-state index contributed by atoms with van der Waals surface area (Å²) in [5.74, 6) is -6.13. The van der Waals surface area contributed by atoms with Gasteiger partial charge in [0.25, 0.3) is 0 Å². The van der Waals surface area contributed by atoms with Crippen LogP contribution in [0.15, 0.2) is 0 Å². The first-order chi connectivity index (χ1) is 14.0. The van der Waals surface area contributed by atoms with E-state index in [0.717, 1.165) is 4.90 Å². The number of ether oxygens (including phenoxy) is 1. The van der Waals surface area contributed by atoms with Gasteiger partial charge in [0.05, 0.1) is 13.2 Å². The maximum atomic E-state index is 12.3. The van der Waals surface area contributed by atoms with E-state index in [1.54, 1.807) is 13.8 Å². The highest BCUT2D eigenvalue weighted by molar-refractivity contribution is 6.37. The Bertz CT molecular complexity index is 850. The second-order valence-corrected chi connectivity index (χ2v) is 7.20. The Morgan fingerprint density at radius 3 is 2.10 bits per heavy atom. The van der Waals surface area contributed by atoms with Crippen LogP contribution in [0.1, 0.15) is 39.2 Å². The molecule has 0 saturated carbocycles. The quantitative estimate of drug-likeness (QED) is 0.561. The van der Waals surface area contributed by atoms with E-state index in [2.05, 4.69) is 15.3 Å². The van der Waals surface area contributed by atoms with E-state index >= 15 is 0 Å². The minimum absolute atomic E-state index is 0.0901. The number of hydrogen-bond donors (Lipinski definition) is 3. The van der Waals surface area contributed by atoms with Crippen molar-refractivity contribution in [2.45, 2.75) is 39.7 Å². The van der Waals surface area contributed by atoms with Gasteiger partial charge in [-0.1, -0.05) is 13.8 Å². The van der Waals surface area contributed by atoms with Gasteiger partial charge in [0.15, 0.2) is 0 Å². The van der Waals surface area contributed by atoms with E-state index in [9.17, 15) is 24.3 Å². The summed E-state index contributed by atoms with van der Waals surface area (Å²) in [4.78, 5) is 57.9. The van der Waals surface area contributed by atoms with Crippen LogP contribution in [-0.2, 0) is 23.9 Å². The Morgan fingerprint density at radius 1 is 1.03 bits per heavy atom. The fraction of sp³-hybridized carbons (Fsp3) is 0.556. The summed E-state index contributed by atoms with van der Waals surface area (Å²) in [5, 5.41) is 20.4. The minimum atomic E-state index is -1.71. The molecule has 1 aromatic rings. The van der Waals surface area contributed by atoms with Crippen LogP contribution < -0.4 is 15.1 Å². The van der Waals surface area contributed by atoms with Gasteiger partial charge in [0.1, 0.15) is 11.6 Å². The molecule has 0 atom stereocenters. The summed E-state index contributed by atoms with van der Waals surface area (Å²) in [6, 6.07) is -0.612. The summed E-state index contributed by atoms with van der Waals surface area (Å²) in [6.45, 7) is 8.61. The molecule has 0 aromatic carbocycles. The Hall–Kier alpha value is -3.28. The SMILES string of the molecule is CC(C)c1c(NC(=O)C(=O)O)nc(N(C(=O)C(=O)O)C(C)C)nc1N1CCOCC1. The summed E-state index contributed by atoms with van der Waals surface area (Å²) < 4.78 is 5.36. The molecule has 1 fully saturated rings. The summed E-state index contributed by atoms with van der Waals surface area (Å²) >= 11 is 0. The Kier molecular flexibility index (Phi) is 7.27. The largest absolute Gasteiger partial charge is 0.474 e. The number of nitrogens with one attached hydrogen (secondary N) is 1. The molecule has 0 aliphatic carbocycles. The van der Waals surface area contributed by atoms with Crippen LogP contribution in [0.4, 0.5) is 17.6 Å². The van der Waals surface area contributed by atoms with Crippen molar-refractivity contribution in [3.05, 3.63) is 5.56 Å². The lowest BCUT2D eigenvalue weighted by Crippen LogP contribution is -2.43. The van der Waals surface area contributed by atoms with E-state index in [1.165, 1.54) is 0 Å². The van der Waals surface area contributed by atoms with Crippen molar-refractivity contribution < 1.29 is 34.1 Å². The van der Waals surface area contributed by atoms with Gasteiger partial charge in [-0.15, -0.1) is 0 Å². The number of rotatable bonds is 5. The highest BCUT2D eigenvalue weighted by atomic mass is 16.5. The van der Waals surface area contributed by atoms with Gasteiger partial charge in [-0.3, -0.25) is 14.5 Å². The molecule has 0 radical (unpaired) electrons. The fourth-order valence-electron chi connectivity index (χ4n) is 3.02. The van der Waals surface area contributed by atoms with Crippen molar-refractivity contribution in [3.8, 4) is 0 Å². The number of hydrogen-bond acceptors (Lipinski definition) is 8. The molecule has 2 heterocycles. The molecule has 3 N–H and O–H groups in total. The van der Waals surface area contributed by atoms with Crippen LogP contribution in [0.3, 0.4) is 0 Å². The first-order valence-corrected chi connectivity index (χ1v) is 9.40. The van der Waals surface area contributed by atoms with Crippen molar-refractivity contribution >= 4 is 41.3 Å². The molecule has 2 amide bonds. The van der Waals surface area contributed by atoms with Crippen LogP contribution in [0, 0.1) is 0 Å². The summed E-state index contributed by atoms with van der Waals surface area (Å²) in [7, 11) is 0. The van der Waals surface area contributed by atoms with Crippen molar-refractivity contribution in [2.75, 3.05) is 41.4 Å².